The second kappa shape index (κ2) is 7.43. The summed E-state index contributed by atoms with van der Waals surface area (Å²) in [4.78, 5) is 23.7. The molecule has 1 amide bonds. The number of carbonyl (C=O) groups is 2. The van der Waals surface area contributed by atoms with Crippen LogP contribution in [0.15, 0.2) is 67.3 Å². The van der Waals surface area contributed by atoms with E-state index in [1.165, 1.54) is 0 Å². The van der Waals surface area contributed by atoms with Crippen molar-refractivity contribution in [3.63, 3.8) is 0 Å². The molecule has 0 saturated carbocycles. The Labute approximate surface area is 134 Å². The Bertz CT molecular complexity index is 733. The number of hydrogen-bond acceptors (Lipinski definition) is 3. The molecular weight excluding hydrogens is 294 g/mol. The van der Waals surface area contributed by atoms with Gasteiger partial charge in [-0.3, -0.25) is 9.59 Å². The number of amides is 1. The molecule has 22 heavy (non-hydrogen) atoms. The Morgan fingerprint density at radius 3 is 2.27 bits per heavy atom. The van der Waals surface area contributed by atoms with Crippen LogP contribution in [0.5, 0.6) is 0 Å². The number of hydrogen-bond donors (Lipinski definition) is 2. The Morgan fingerprint density at radius 1 is 1.05 bits per heavy atom. The van der Waals surface area contributed by atoms with E-state index >= 15 is 0 Å². The highest BCUT2D eigenvalue weighted by Crippen LogP contribution is 2.23. The maximum atomic E-state index is 12.4. The molecule has 2 rings (SSSR count). The third kappa shape index (κ3) is 3.74. The van der Waals surface area contributed by atoms with Gasteiger partial charge in [0.25, 0.3) is 5.91 Å². The highest BCUT2D eigenvalue weighted by molar-refractivity contribution is 7.90. The van der Waals surface area contributed by atoms with Crippen molar-refractivity contribution in [2.75, 3.05) is 5.32 Å². The first-order valence-corrected chi connectivity index (χ1v) is 7.08. The summed E-state index contributed by atoms with van der Waals surface area (Å²) in [6, 6.07) is 13.9. The molecule has 0 aromatic heterocycles. The van der Waals surface area contributed by atoms with E-state index in [2.05, 4.69) is 24.5 Å². The average Bonchev–Trinajstić information content (AvgIpc) is 2.55. The molecule has 0 aliphatic rings. The summed E-state index contributed by atoms with van der Waals surface area (Å²) in [6.07, 6.45) is 4.11. The zero-order chi connectivity index (χ0) is 15.9. The summed E-state index contributed by atoms with van der Waals surface area (Å²) >= 11 is 4.39. The van der Waals surface area contributed by atoms with E-state index < -0.39 is 0 Å². The monoisotopic (exact) mass is 309 g/mol. The smallest absolute Gasteiger partial charge is 0.256 e. The minimum Gasteiger partial charge on any atom is -0.322 e. The quantitative estimate of drug-likeness (QED) is 0.494. The lowest BCUT2D eigenvalue weighted by atomic mass is 10.1. The lowest BCUT2D eigenvalue weighted by Crippen LogP contribution is -2.13. The molecular formula is C18H15NO2S. The van der Waals surface area contributed by atoms with Crippen LogP contribution in [0.25, 0.3) is 4.91 Å². The Kier molecular flexibility index (Phi) is 5.33. The summed E-state index contributed by atoms with van der Waals surface area (Å²) in [7, 11) is 0. The number of allylic oxidation sites excluding steroid dienone is 2. The molecule has 0 aliphatic carbocycles. The van der Waals surface area contributed by atoms with Crippen LogP contribution in [0, 0.1) is 0 Å². The highest BCUT2D eigenvalue weighted by Gasteiger charge is 2.12. The molecule has 0 radical (unpaired) electrons. The molecule has 110 valence electrons. The molecule has 0 aliphatic heterocycles. The van der Waals surface area contributed by atoms with Gasteiger partial charge in [-0.25, -0.2) is 0 Å². The molecule has 2 aromatic rings. The summed E-state index contributed by atoms with van der Waals surface area (Å²) in [6.45, 7) is 3.63. The Morgan fingerprint density at radius 2 is 1.68 bits per heavy atom. The van der Waals surface area contributed by atoms with Gasteiger partial charge in [-0.05, 0) is 36.4 Å². The van der Waals surface area contributed by atoms with Crippen molar-refractivity contribution in [1.82, 2.24) is 0 Å². The summed E-state index contributed by atoms with van der Waals surface area (Å²) < 4.78 is 0. The van der Waals surface area contributed by atoms with Crippen LogP contribution in [-0.2, 0) is 0 Å². The maximum absolute atomic E-state index is 12.4. The summed E-state index contributed by atoms with van der Waals surface area (Å²) in [5.41, 5.74) is 2.43. The number of rotatable bonds is 5. The predicted molar refractivity (Wildman–Crippen MR) is 93.4 cm³/mol. The van der Waals surface area contributed by atoms with E-state index in [4.69, 9.17) is 0 Å². The fraction of sp³-hybridized carbons (Fsp3) is 0. The number of carbonyl (C=O) groups excluding carboxylic acids is 2. The number of nitrogens with one attached hydrogen (secondary N) is 1. The van der Waals surface area contributed by atoms with Crippen molar-refractivity contribution >= 4 is 35.4 Å². The van der Waals surface area contributed by atoms with E-state index in [-0.39, 0.29) is 5.91 Å². The van der Waals surface area contributed by atoms with E-state index in [9.17, 15) is 9.59 Å². The van der Waals surface area contributed by atoms with Crippen LogP contribution < -0.4 is 5.32 Å². The molecule has 0 spiro atoms. The van der Waals surface area contributed by atoms with Gasteiger partial charge in [0, 0.05) is 27.3 Å². The summed E-state index contributed by atoms with van der Waals surface area (Å²) in [5, 5.41) is 2.81. The van der Waals surface area contributed by atoms with Crippen molar-refractivity contribution in [3.8, 4) is 0 Å². The molecule has 0 bridgehead atoms. The van der Waals surface area contributed by atoms with Gasteiger partial charge in [-0.1, -0.05) is 30.9 Å². The number of aldehydes is 1. The predicted octanol–water partition coefficient (Wildman–Crippen LogP) is 4.21. The lowest BCUT2D eigenvalue weighted by molar-refractivity contribution is 0.102. The first kappa shape index (κ1) is 15.8. The molecule has 0 saturated heterocycles. The van der Waals surface area contributed by atoms with E-state index in [1.807, 2.05) is 12.1 Å². The molecule has 0 unspecified atom stereocenters. The van der Waals surface area contributed by atoms with Crippen LogP contribution in [0.1, 0.15) is 26.3 Å². The van der Waals surface area contributed by atoms with Crippen molar-refractivity contribution in [3.05, 3.63) is 84.0 Å². The van der Waals surface area contributed by atoms with Gasteiger partial charge in [0.15, 0.2) is 0 Å². The van der Waals surface area contributed by atoms with Crippen molar-refractivity contribution in [2.24, 2.45) is 0 Å². The SMILES string of the molecule is C=C/C=C(\S)c1ccccc1C(=O)Nc1ccc(C=O)cc1. The van der Waals surface area contributed by atoms with Gasteiger partial charge in [-0.2, -0.15) is 0 Å². The van der Waals surface area contributed by atoms with Gasteiger partial charge >= 0.3 is 0 Å². The van der Waals surface area contributed by atoms with Crippen molar-refractivity contribution in [2.45, 2.75) is 0 Å². The van der Waals surface area contributed by atoms with Crippen LogP contribution in [0.4, 0.5) is 5.69 Å². The molecule has 0 atom stereocenters. The highest BCUT2D eigenvalue weighted by atomic mass is 32.1. The molecule has 1 N–H and O–H groups in total. The molecule has 4 heteroatoms. The van der Waals surface area contributed by atoms with Gasteiger partial charge < -0.3 is 5.32 Å². The second-order valence-electron chi connectivity index (χ2n) is 4.53. The lowest BCUT2D eigenvalue weighted by Gasteiger charge is -2.10. The Balaban J connectivity index is 2.27. The third-order valence-corrected chi connectivity index (χ3v) is 3.42. The Hall–Kier alpha value is -2.59. The minimum absolute atomic E-state index is 0.238. The molecule has 0 heterocycles. The van der Waals surface area contributed by atoms with Gasteiger partial charge in [0.1, 0.15) is 6.29 Å². The van der Waals surface area contributed by atoms with Crippen LogP contribution >= 0.6 is 12.6 Å². The van der Waals surface area contributed by atoms with Crippen LogP contribution in [0.2, 0.25) is 0 Å². The maximum Gasteiger partial charge on any atom is 0.256 e. The number of thiol groups is 1. The van der Waals surface area contributed by atoms with Gasteiger partial charge in [0.05, 0.1) is 0 Å². The largest absolute Gasteiger partial charge is 0.322 e. The van der Waals surface area contributed by atoms with Gasteiger partial charge in [0.2, 0.25) is 0 Å². The summed E-state index contributed by atoms with van der Waals surface area (Å²) in [5.74, 6) is -0.238. The zero-order valence-electron chi connectivity index (χ0n) is 11.8. The standard InChI is InChI=1S/C18H15NO2S/c1-2-5-17(22)15-6-3-4-7-16(15)18(21)19-14-10-8-13(12-20)9-11-14/h2-12,22H,1H2,(H,19,21)/b17-5-. The molecule has 2 aromatic carbocycles. The van der Waals surface area contributed by atoms with E-state index in [0.29, 0.717) is 21.7 Å². The fourth-order valence-electron chi connectivity index (χ4n) is 1.95. The molecule has 3 nitrogen and oxygen atoms in total. The topological polar surface area (TPSA) is 46.2 Å². The van der Waals surface area contributed by atoms with Gasteiger partial charge in [-0.15, -0.1) is 12.6 Å². The average molecular weight is 309 g/mol. The van der Waals surface area contributed by atoms with Crippen LogP contribution in [-0.4, -0.2) is 12.2 Å². The first-order valence-electron chi connectivity index (χ1n) is 6.63. The second-order valence-corrected chi connectivity index (χ2v) is 5.01. The number of benzene rings is 2. The minimum atomic E-state index is -0.238. The first-order chi connectivity index (χ1) is 10.7. The van der Waals surface area contributed by atoms with E-state index in [0.717, 1.165) is 11.8 Å². The van der Waals surface area contributed by atoms with Crippen molar-refractivity contribution < 1.29 is 9.59 Å². The zero-order valence-corrected chi connectivity index (χ0v) is 12.7. The van der Waals surface area contributed by atoms with Crippen molar-refractivity contribution in [1.29, 1.82) is 0 Å². The fourth-order valence-corrected chi connectivity index (χ4v) is 2.25. The van der Waals surface area contributed by atoms with Crippen LogP contribution in [0.3, 0.4) is 0 Å². The van der Waals surface area contributed by atoms with E-state index in [1.54, 1.807) is 48.6 Å². The third-order valence-electron chi connectivity index (χ3n) is 3.03. The normalized spacial score (nSPS) is 10.9. The molecule has 0 fully saturated rings. The number of anilines is 1.